The van der Waals surface area contributed by atoms with E-state index in [-0.39, 0.29) is 17.3 Å². The van der Waals surface area contributed by atoms with Crippen molar-refractivity contribution >= 4 is 23.1 Å². The molecule has 0 aromatic heterocycles. The maximum absolute atomic E-state index is 13.5. The predicted molar refractivity (Wildman–Crippen MR) is 141 cm³/mol. The minimum Gasteiger partial charge on any atom is -0.507 e. The molecule has 0 spiro atoms. The molecule has 1 saturated heterocycles. The van der Waals surface area contributed by atoms with Gasteiger partial charge in [0.25, 0.3) is 11.7 Å². The Morgan fingerprint density at radius 2 is 1.56 bits per heavy atom. The maximum Gasteiger partial charge on any atom is 0.300 e. The number of aliphatic hydroxyl groups excluding tert-OH is 1. The first-order chi connectivity index (χ1) is 17.2. The summed E-state index contributed by atoms with van der Waals surface area (Å²) in [6.45, 7) is 7.87. The zero-order valence-electron chi connectivity index (χ0n) is 21.5. The van der Waals surface area contributed by atoms with E-state index < -0.39 is 17.7 Å². The molecule has 1 unspecified atom stereocenters. The van der Waals surface area contributed by atoms with Crippen LogP contribution in [0.2, 0.25) is 0 Å². The first-order valence-corrected chi connectivity index (χ1v) is 11.9. The van der Waals surface area contributed by atoms with Crippen molar-refractivity contribution in [3.63, 3.8) is 0 Å². The molecule has 6 nitrogen and oxygen atoms in total. The number of Topliss-reactive ketones (excluding diaryl/α,β-unsaturated/α-hetero) is 1. The van der Waals surface area contributed by atoms with Gasteiger partial charge in [0.05, 0.1) is 25.8 Å². The van der Waals surface area contributed by atoms with E-state index in [2.05, 4.69) is 0 Å². The van der Waals surface area contributed by atoms with E-state index in [1.807, 2.05) is 76.2 Å². The molecule has 1 aliphatic heterocycles. The second-order valence-corrected chi connectivity index (χ2v) is 9.34. The Bertz CT molecular complexity index is 1340. The third-order valence-corrected chi connectivity index (χ3v) is 6.64. The lowest BCUT2D eigenvalue weighted by atomic mass is 9.91. The number of amides is 1. The van der Waals surface area contributed by atoms with E-state index in [0.29, 0.717) is 28.3 Å². The Morgan fingerprint density at radius 3 is 2.11 bits per heavy atom. The number of rotatable bonds is 6. The van der Waals surface area contributed by atoms with Crippen molar-refractivity contribution in [1.82, 2.24) is 0 Å². The Morgan fingerprint density at radius 1 is 0.917 bits per heavy atom. The number of aryl methyl sites for hydroxylation is 2. The van der Waals surface area contributed by atoms with E-state index in [9.17, 15) is 14.7 Å². The van der Waals surface area contributed by atoms with E-state index in [1.54, 1.807) is 26.4 Å². The van der Waals surface area contributed by atoms with Crippen LogP contribution in [0.1, 0.15) is 53.6 Å². The van der Waals surface area contributed by atoms with Gasteiger partial charge in [0.15, 0.2) is 0 Å². The van der Waals surface area contributed by atoms with Gasteiger partial charge >= 0.3 is 0 Å². The molecule has 0 aliphatic carbocycles. The fraction of sp³-hybridized carbons (Fsp3) is 0.267. The van der Waals surface area contributed by atoms with E-state index in [1.165, 1.54) is 4.90 Å². The molecular weight excluding hydrogens is 454 g/mol. The fourth-order valence-electron chi connectivity index (χ4n) is 4.63. The third-order valence-electron chi connectivity index (χ3n) is 6.64. The number of carbonyl (C=O) groups excluding carboxylic acids is 2. The average molecular weight is 486 g/mol. The quantitative estimate of drug-likeness (QED) is 0.261. The number of carbonyl (C=O) groups is 2. The molecule has 3 aromatic rings. The van der Waals surface area contributed by atoms with Crippen molar-refractivity contribution in [2.24, 2.45) is 0 Å². The van der Waals surface area contributed by atoms with Crippen LogP contribution in [-0.4, -0.2) is 31.0 Å². The third kappa shape index (κ3) is 4.35. The van der Waals surface area contributed by atoms with Crippen molar-refractivity contribution in [2.75, 3.05) is 19.1 Å². The number of aliphatic hydroxyl groups is 1. The largest absolute Gasteiger partial charge is 0.507 e. The van der Waals surface area contributed by atoms with Gasteiger partial charge in [-0.2, -0.15) is 0 Å². The van der Waals surface area contributed by atoms with Gasteiger partial charge < -0.3 is 14.6 Å². The smallest absolute Gasteiger partial charge is 0.300 e. The number of ketones is 1. The van der Waals surface area contributed by atoms with Crippen LogP contribution >= 0.6 is 0 Å². The van der Waals surface area contributed by atoms with Gasteiger partial charge in [-0.1, -0.05) is 43.7 Å². The molecule has 0 saturated carbocycles. The summed E-state index contributed by atoms with van der Waals surface area (Å²) >= 11 is 0. The first-order valence-electron chi connectivity index (χ1n) is 11.9. The highest BCUT2D eigenvalue weighted by molar-refractivity contribution is 6.51. The van der Waals surface area contributed by atoms with E-state index >= 15 is 0 Å². The lowest BCUT2D eigenvalue weighted by Crippen LogP contribution is -2.29. The number of ether oxygens (including phenoxy) is 2. The zero-order valence-corrected chi connectivity index (χ0v) is 21.5. The summed E-state index contributed by atoms with van der Waals surface area (Å²) in [5.74, 6) is -0.124. The van der Waals surface area contributed by atoms with Crippen LogP contribution in [0.4, 0.5) is 5.69 Å². The number of nitrogens with zero attached hydrogens (tertiary/aromatic N) is 1. The lowest BCUT2D eigenvalue weighted by Gasteiger charge is -2.26. The second-order valence-electron chi connectivity index (χ2n) is 9.34. The molecule has 186 valence electrons. The van der Waals surface area contributed by atoms with Gasteiger partial charge in [-0.25, -0.2) is 0 Å². The van der Waals surface area contributed by atoms with Crippen LogP contribution in [0.3, 0.4) is 0 Å². The molecule has 1 aliphatic rings. The number of methoxy groups -OCH3 is 2. The van der Waals surface area contributed by atoms with Crippen molar-refractivity contribution in [3.8, 4) is 11.5 Å². The van der Waals surface area contributed by atoms with Gasteiger partial charge in [-0.3, -0.25) is 14.5 Å². The normalized spacial score (nSPS) is 17.1. The Kier molecular flexibility index (Phi) is 6.88. The lowest BCUT2D eigenvalue weighted by molar-refractivity contribution is -0.132. The summed E-state index contributed by atoms with van der Waals surface area (Å²) in [6, 6.07) is 17.5. The summed E-state index contributed by atoms with van der Waals surface area (Å²) in [7, 11) is 3.18. The van der Waals surface area contributed by atoms with Gasteiger partial charge in [-0.15, -0.1) is 0 Å². The first kappa shape index (κ1) is 25.0. The standard InChI is InChI=1S/C30H31NO5/c1-17(2)23-16-24(19(4)15-25(23)36-6)28(32)26-27(20-9-13-22(35-5)14-10-20)31(30(34)29(26)33)21-11-7-18(3)8-12-21/h7-17,27,32H,1-6H3/b28-26+. The van der Waals surface area contributed by atoms with Crippen LogP contribution in [0, 0.1) is 13.8 Å². The van der Waals surface area contributed by atoms with Gasteiger partial charge in [-0.05, 0) is 72.9 Å². The molecule has 4 rings (SSSR count). The number of anilines is 1. The molecule has 1 fully saturated rings. The van der Waals surface area contributed by atoms with Gasteiger partial charge in [0.2, 0.25) is 0 Å². The van der Waals surface area contributed by atoms with Crippen LogP contribution in [-0.2, 0) is 9.59 Å². The highest BCUT2D eigenvalue weighted by Gasteiger charge is 2.47. The van der Waals surface area contributed by atoms with Crippen LogP contribution < -0.4 is 14.4 Å². The highest BCUT2D eigenvalue weighted by atomic mass is 16.5. The summed E-state index contributed by atoms with van der Waals surface area (Å²) < 4.78 is 10.8. The predicted octanol–water partition coefficient (Wildman–Crippen LogP) is 6.07. The van der Waals surface area contributed by atoms with Crippen LogP contribution in [0.25, 0.3) is 5.76 Å². The maximum atomic E-state index is 13.5. The van der Waals surface area contributed by atoms with Crippen molar-refractivity contribution in [3.05, 3.63) is 94.1 Å². The molecule has 1 atom stereocenters. The van der Waals surface area contributed by atoms with Gasteiger partial charge in [0.1, 0.15) is 17.3 Å². The SMILES string of the molecule is COc1ccc(C2/C(=C(\O)c3cc(C(C)C)c(OC)cc3C)C(=O)C(=O)N2c2ccc(C)cc2)cc1. The van der Waals surface area contributed by atoms with Crippen molar-refractivity contribution in [2.45, 2.75) is 39.7 Å². The van der Waals surface area contributed by atoms with Crippen LogP contribution in [0.15, 0.2) is 66.2 Å². The number of hydrogen-bond donors (Lipinski definition) is 1. The number of benzene rings is 3. The minimum absolute atomic E-state index is 0.0497. The topological polar surface area (TPSA) is 76.1 Å². The van der Waals surface area contributed by atoms with Gasteiger partial charge in [0, 0.05) is 11.3 Å². The molecule has 6 heteroatoms. The molecule has 0 radical (unpaired) electrons. The van der Waals surface area contributed by atoms with Crippen molar-refractivity contribution in [1.29, 1.82) is 0 Å². The summed E-state index contributed by atoms with van der Waals surface area (Å²) in [5, 5.41) is 11.6. The molecule has 1 amide bonds. The molecule has 3 aromatic carbocycles. The summed E-state index contributed by atoms with van der Waals surface area (Å²) in [5.41, 5.74) is 4.49. The van der Waals surface area contributed by atoms with E-state index in [4.69, 9.17) is 9.47 Å². The Labute approximate surface area is 211 Å². The molecule has 1 N–H and O–H groups in total. The molecule has 1 heterocycles. The minimum atomic E-state index is -0.803. The molecular formula is C30H31NO5. The molecule has 36 heavy (non-hydrogen) atoms. The zero-order chi connectivity index (χ0) is 26.1. The summed E-state index contributed by atoms with van der Waals surface area (Å²) in [6.07, 6.45) is 0. The monoisotopic (exact) mass is 485 g/mol. The van der Waals surface area contributed by atoms with E-state index in [0.717, 1.165) is 16.7 Å². The molecule has 0 bridgehead atoms. The average Bonchev–Trinajstić information content (AvgIpc) is 3.14. The fourth-order valence-corrected chi connectivity index (χ4v) is 4.63. The second kappa shape index (κ2) is 9.90. The van der Waals surface area contributed by atoms with Crippen LogP contribution in [0.5, 0.6) is 11.5 Å². The Balaban J connectivity index is 1.97. The van der Waals surface area contributed by atoms with Crippen molar-refractivity contribution < 1.29 is 24.2 Å². The number of hydrogen-bond acceptors (Lipinski definition) is 5. The highest BCUT2D eigenvalue weighted by Crippen LogP contribution is 2.43. The summed E-state index contributed by atoms with van der Waals surface area (Å²) in [4.78, 5) is 28.3. The Hall–Kier alpha value is -4.06.